The molecule has 2 aliphatic rings. The minimum absolute atomic E-state index is 0.509. The number of hydrogen-bond acceptors (Lipinski definition) is 4. The van der Waals surface area contributed by atoms with Gasteiger partial charge in [0.2, 0.25) is 0 Å². The fourth-order valence-corrected chi connectivity index (χ4v) is 3.98. The highest BCUT2D eigenvalue weighted by Gasteiger charge is 2.23. The lowest BCUT2D eigenvalue weighted by Gasteiger charge is -2.29. The molecule has 0 aliphatic carbocycles. The molecule has 0 spiro atoms. The van der Waals surface area contributed by atoms with E-state index in [2.05, 4.69) is 58.7 Å². The van der Waals surface area contributed by atoms with Gasteiger partial charge in [-0.15, -0.1) is 0 Å². The van der Waals surface area contributed by atoms with Gasteiger partial charge in [-0.1, -0.05) is 37.3 Å². The summed E-state index contributed by atoms with van der Waals surface area (Å²) in [5, 5.41) is 3.41. The Morgan fingerprint density at radius 3 is 2.96 bits per heavy atom. The van der Waals surface area contributed by atoms with E-state index in [1.165, 1.54) is 29.7 Å². The summed E-state index contributed by atoms with van der Waals surface area (Å²) >= 11 is 0. The molecule has 2 atom stereocenters. The van der Waals surface area contributed by atoms with Crippen molar-refractivity contribution in [2.45, 2.75) is 44.6 Å². The molecule has 1 aromatic carbocycles. The summed E-state index contributed by atoms with van der Waals surface area (Å²) in [5.74, 6) is 2.17. The van der Waals surface area contributed by atoms with Crippen molar-refractivity contribution in [3.05, 3.63) is 59.2 Å². The standard InChI is InChI=1S/C21H28N4/c1-16(17-5-3-2-4-6-17)8-11-25-12-9-20-19(15-25)14-23-21(24-20)18-7-10-22-13-18/h2-6,14,16,18,22H,7-13,15H2,1H3/t16-,18+/m0/s1. The second-order valence-electron chi connectivity index (χ2n) is 7.52. The minimum Gasteiger partial charge on any atom is -0.316 e. The Hall–Kier alpha value is -1.78. The molecule has 0 bridgehead atoms. The Labute approximate surface area is 150 Å². The summed E-state index contributed by atoms with van der Waals surface area (Å²) in [6.07, 6.45) is 5.52. The maximum atomic E-state index is 4.89. The predicted octanol–water partition coefficient (Wildman–Crippen LogP) is 3.11. The maximum absolute atomic E-state index is 4.89. The first-order chi connectivity index (χ1) is 12.3. The Bertz CT molecular complexity index is 694. The first kappa shape index (κ1) is 16.7. The molecular formula is C21H28N4. The fraction of sp³-hybridized carbons (Fsp3) is 0.524. The van der Waals surface area contributed by atoms with Gasteiger partial charge in [0.1, 0.15) is 5.82 Å². The Kier molecular flexibility index (Phi) is 5.09. The largest absolute Gasteiger partial charge is 0.316 e. The van der Waals surface area contributed by atoms with Crippen LogP contribution in [0.15, 0.2) is 36.5 Å². The lowest BCUT2D eigenvalue weighted by atomic mass is 9.97. The summed E-state index contributed by atoms with van der Waals surface area (Å²) in [6.45, 7) is 7.72. The van der Waals surface area contributed by atoms with E-state index in [0.717, 1.165) is 45.0 Å². The lowest BCUT2D eigenvalue weighted by molar-refractivity contribution is 0.242. The van der Waals surface area contributed by atoms with E-state index in [9.17, 15) is 0 Å². The van der Waals surface area contributed by atoms with Crippen LogP contribution in [0.1, 0.15) is 54.2 Å². The van der Waals surface area contributed by atoms with E-state index in [0.29, 0.717) is 11.8 Å². The lowest BCUT2D eigenvalue weighted by Crippen LogP contribution is -2.33. The molecule has 2 aromatic rings. The van der Waals surface area contributed by atoms with Crippen molar-refractivity contribution in [3.8, 4) is 0 Å². The zero-order chi connectivity index (χ0) is 17.1. The molecule has 0 unspecified atom stereocenters. The van der Waals surface area contributed by atoms with Crippen molar-refractivity contribution in [3.63, 3.8) is 0 Å². The fourth-order valence-electron chi connectivity index (χ4n) is 3.98. The number of nitrogens with one attached hydrogen (secondary N) is 1. The van der Waals surface area contributed by atoms with Crippen molar-refractivity contribution in [1.29, 1.82) is 0 Å². The molecule has 4 heteroatoms. The van der Waals surface area contributed by atoms with E-state index in [4.69, 9.17) is 4.98 Å². The molecule has 1 N–H and O–H groups in total. The van der Waals surface area contributed by atoms with E-state index >= 15 is 0 Å². The zero-order valence-corrected chi connectivity index (χ0v) is 15.1. The number of fused-ring (bicyclic) bond motifs is 1. The van der Waals surface area contributed by atoms with Gasteiger partial charge in [0.25, 0.3) is 0 Å². The second-order valence-corrected chi connectivity index (χ2v) is 7.52. The molecule has 4 nitrogen and oxygen atoms in total. The smallest absolute Gasteiger partial charge is 0.132 e. The summed E-state index contributed by atoms with van der Waals surface area (Å²) in [5.41, 5.74) is 4.05. The first-order valence-corrected chi connectivity index (χ1v) is 9.62. The Morgan fingerprint density at radius 1 is 1.28 bits per heavy atom. The highest BCUT2D eigenvalue weighted by atomic mass is 15.1. The third-order valence-corrected chi connectivity index (χ3v) is 5.70. The van der Waals surface area contributed by atoms with E-state index in [-0.39, 0.29) is 0 Å². The summed E-state index contributed by atoms with van der Waals surface area (Å²) in [7, 11) is 0. The molecule has 1 aromatic heterocycles. The van der Waals surface area contributed by atoms with E-state index in [1.807, 2.05) is 0 Å². The second kappa shape index (κ2) is 7.63. The highest BCUT2D eigenvalue weighted by molar-refractivity contribution is 5.22. The molecule has 0 amide bonds. The van der Waals surface area contributed by atoms with E-state index < -0.39 is 0 Å². The van der Waals surface area contributed by atoms with Crippen LogP contribution in [-0.4, -0.2) is 41.0 Å². The summed E-state index contributed by atoms with van der Waals surface area (Å²) in [6, 6.07) is 10.8. The monoisotopic (exact) mass is 336 g/mol. The van der Waals surface area contributed by atoms with Crippen LogP contribution in [0.5, 0.6) is 0 Å². The molecule has 1 saturated heterocycles. The van der Waals surface area contributed by atoms with Gasteiger partial charge in [0, 0.05) is 49.4 Å². The molecule has 4 rings (SSSR count). The minimum atomic E-state index is 0.509. The van der Waals surface area contributed by atoms with Gasteiger partial charge in [0.15, 0.2) is 0 Å². The van der Waals surface area contributed by atoms with Crippen molar-refractivity contribution in [2.75, 3.05) is 26.2 Å². The van der Waals surface area contributed by atoms with Gasteiger partial charge in [0.05, 0.1) is 0 Å². The zero-order valence-electron chi connectivity index (χ0n) is 15.1. The number of rotatable bonds is 5. The summed E-state index contributed by atoms with van der Waals surface area (Å²) < 4.78 is 0. The highest BCUT2D eigenvalue weighted by Crippen LogP contribution is 2.24. The molecular weight excluding hydrogens is 308 g/mol. The molecule has 3 heterocycles. The number of benzene rings is 1. The van der Waals surface area contributed by atoms with Gasteiger partial charge >= 0.3 is 0 Å². The van der Waals surface area contributed by atoms with Gasteiger partial charge in [-0.25, -0.2) is 9.97 Å². The number of hydrogen-bond donors (Lipinski definition) is 1. The van der Waals surface area contributed by atoms with Crippen molar-refractivity contribution >= 4 is 0 Å². The van der Waals surface area contributed by atoms with Gasteiger partial charge in [-0.05, 0) is 37.4 Å². The van der Waals surface area contributed by atoms with Crippen molar-refractivity contribution in [1.82, 2.24) is 20.2 Å². The van der Waals surface area contributed by atoms with Gasteiger partial charge in [-0.3, -0.25) is 4.90 Å². The first-order valence-electron chi connectivity index (χ1n) is 9.62. The van der Waals surface area contributed by atoms with Crippen molar-refractivity contribution < 1.29 is 0 Å². The van der Waals surface area contributed by atoms with Crippen LogP contribution in [0.4, 0.5) is 0 Å². The SMILES string of the molecule is C[C@@H](CCN1CCc2nc([C@@H]3CCNC3)ncc2C1)c1ccccc1. The van der Waals surface area contributed by atoms with Gasteiger partial charge in [-0.2, -0.15) is 0 Å². The van der Waals surface area contributed by atoms with Crippen LogP contribution >= 0.6 is 0 Å². The molecule has 1 fully saturated rings. The van der Waals surface area contributed by atoms with Crippen LogP contribution in [-0.2, 0) is 13.0 Å². The number of aromatic nitrogens is 2. The Balaban J connectivity index is 1.35. The molecule has 132 valence electrons. The van der Waals surface area contributed by atoms with Crippen LogP contribution in [0.25, 0.3) is 0 Å². The van der Waals surface area contributed by atoms with Crippen LogP contribution in [0.2, 0.25) is 0 Å². The average Bonchev–Trinajstić information content (AvgIpc) is 3.21. The third-order valence-electron chi connectivity index (χ3n) is 5.70. The molecule has 0 saturated carbocycles. The third kappa shape index (κ3) is 3.91. The van der Waals surface area contributed by atoms with Crippen molar-refractivity contribution in [2.24, 2.45) is 0 Å². The predicted molar refractivity (Wildman–Crippen MR) is 101 cm³/mol. The van der Waals surface area contributed by atoms with Crippen LogP contribution in [0.3, 0.4) is 0 Å². The molecule has 0 radical (unpaired) electrons. The van der Waals surface area contributed by atoms with Crippen LogP contribution < -0.4 is 5.32 Å². The van der Waals surface area contributed by atoms with E-state index in [1.54, 1.807) is 0 Å². The average molecular weight is 336 g/mol. The van der Waals surface area contributed by atoms with Crippen LogP contribution in [0, 0.1) is 0 Å². The summed E-state index contributed by atoms with van der Waals surface area (Å²) in [4.78, 5) is 12.1. The quantitative estimate of drug-likeness (QED) is 0.911. The number of nitrogens with zero attached hydrogens (tertiary/aromatic N) is 3. The molecule has 2 aliphatic heterocycles. The molecule has 25 heavy (non-hydrogen) atoms. The topological polar surface area (TPSA) is 41.1 Å². The normalized spacial score (nSPS) is 21.9. The maximum Gasteiger partial charge on any atom is 0.132 e. The van der Waals surface area contributed by atoms with Gasteiger partial charge < -0.3 is 5.32 Å². The Morgan fingerprint density at radius 2 is 2.16 bits per heavy atom.